The first-order valence-corrected chi connectivity index (χ1v) is 8.35. The molecule has 0 radical (unpaired) electrons. The summed E-state index contributed by atoms with van der Waals surface area (Å²) in [6, 6.07) is 10.5. The van der Waals surface area contributed by atoms with Crippen LogP contribution >= 0.6 is 11.8 Å². The van der Waals surface area contributed by atoms with Crippen molar-refractivity contribution < 1.29 is 14.0 Å². The van der Waals surface area contributed by atoms with Gasteiger partial charge in [0, 0.05) is 18.3 Å². The third kappa shape index (κ3) is 4.70. The number of thioether (sulfide) groups is 1. The molecule has 128 valence electrons. The van der Waals surface area contributed by atoms with Crippen molar-refractivity contribution in [3.63, 3.8) is 0 Å². The molecule has 0 unspecified atom stereocenters. The van der Waals surface area contributed by atoms with Gasteiger partial charge >= 0.3 is 0 Å². The highest BCUT2D eigenvalue weighted by atomic mass is 32.2. The van der Waals surface area contributed by atoms with Gasteiger partial charge in [-0.15, -0.1) is 5.10 Å². The van der Waals surface area contributed by atoms with Crippen LogP contribution < -0.4 is 10.6 Å². The molecule has 3 aromatic rings. The third-order valence-corrected chi connectivity index (χ3v) is 3.87. The Bertz CT molecular complexity index is 876. The third-order valence-electron chi connectivity index (χ3n) is 3.02. The summed E-state index contributed by atoms with van der Waals surface area (Å²) in [6.45, 7) is 1.43. The Morgan fingerprint density at radius 1 is 1.20 bits per heavy atom. The molecule has 0 atom stereocenters. The van der Waals surface area contributed by atoms with Gasteiger partial charge in [-0.3, -0.25) is 14.7 Å². The molecule has 0 saturated heterocycles. The minimum atomic E-state index is -0.200. The van der Waals surface area contributed by atoms with E-state index in [2.05, 4.69) is 25.8 Å². The number of aromatic amines is 1. The topological polar surface area (TPSA) is 113 Å². The van der Waals surface area contributed by atoms with E-state index < -0.39 is 0 Å². The van der Waals surface area contributed by atoms with Gasteiger partial charge in [0.15, 0.2) is 11.6 Å². The van der Waals surface area contributed by atoms with Crippen LogP contribution in [0.5, 0.6) is 0 Å². The van der Waals surface area contributed by atoms with E-state index >= 15 is 0 Å². The van der Waals surface area contributed by atoms with Crippen LogP contribution in [0.15, 0.2) is 52.2 Å². The van der Waals surface area contributed by atoms with Gasteiger partial charge in [0.25, 0.3) is 0 Å². The fraction of sp³-hybridized carbons (Fsp3) is 0.125. The van der Waals surface area contributed by atoms with Gasteiger partial charge in [-0.1, -0.05) is 17.8 Å². The molecule has 8 nitrogen and oxygen atoms in total. The largest absolute Gasteiger partial charge is 0.461 e. The fourth-order valence-corrected chi connectivity index (χ4v) is 2.64. The van der Waals surface area contributed by atoms with Crippen LogP contribution in [0.25, 0.3) is 11.6 Å². The summed E-state index contributed by atoms with van der Waals surface area (Å²) in [5.41, 5.74) is 1.22. The average Bonchev–Trinajstić information content (AvgIpc) is 3.24. The maximum absolute atomic E-state index is 12.1. The monoisotopic (exact) mass is 357 g/mol. The van der Waals surface area contributed by atoms with E-state index in [-0.39, 0.29) is 17.6 Å². The molecule has 1 aromatic carbocycles. The van der Waals surface area contributed by atoms with Crippen molar-refractivity contribution in [3.8, 4) is 11.6 Å². The Labute approximate surface area is 147 Å². The smallest absolute Gasteiger partial charge is 0.234 e. The Morgan fingerprint density at radius 2 is 2.00 bits per heavy atom. The molecule has 3 rings (SSSR count). The first-order chi connectivity index (χ1) is 12.1. The van der Waals surface area contributed by atoms with Gasteiger partial charge in [0.1, 0.15) is 0 Å². The Balaban J connectivity index is 1.54. The molecule has 2 amide bonds. The summed E-state index contributed by atoms with van der Waals surface area (Å²) in [4.78, 5) is 27.4. The molecule has 0 spiro atoms. The minimum Gasteiger partial charge on any atom is -0.461 e. The summed E-state index contributed by atoms with van der Waals surface area (Å²) < 4.78 is 5.22. The number of benzene rings is 1. The normalized spacial score (nSPS) is 10.4. The quantitative estimate of drug-likeness (QED) is 0.585. The van der Waals surface area contributed by atoms with Crippen molar-refractivity contribution in [3.05, 3.63) is 42.7 Å². The lowest BCUT2D eigenvalue weighted by Crippen LogP contribution is -2.14. The SMILES string of the molecule is CC(=O)Nc1cccc(NC(=O)CSc2n[nH]c(-c3ccco3)n2)c1. The van der Waals surface area contributed by atoms with Crippen molar-refractivity contribution in [2.75, 3.05) is 16.4 Å². The predicted octanol–water partition coefficient (Wildman–Crippen LogP) is 2.75. The average molecular weight is 357 g/mol. The number of hydrogen-bond acceptors (Lipinski definition) is 6. The summed E-state index contributed by atoms with van der Waals surface area (Å²) in [7, 11) is 0. The first kappa shape index (κ1) is 16.8. The van der Waals surface area contributed by atoms with Crippen LogP contribution in [0.4, 0.5) is 11.4 Å². The van der Waals surface area contributed by atoms with Gasteiger partial charge < -0.3 is 15.1 Å². The Hall–Kier alpha value is -3.07. The van der Waals surface area contributed by atoms with Crippen LogP contribution in [0.3, 0.4) is 0 Å². The van der Waals surface area contributed by atoms with Gasteiger partial charge in [0.2, 0.25) is 17.0 Å². The maximum atomic E-state index is 12.1. The number of H-pyrrole nitrogens is 1. The lowest BCUT2D eigenvalue weighted by atomic mass is 10.2. The van der Waals surface area contributed by atoms with Crippen LogP contribution in [0.1, 0.15) is 6.92 Å². The summed E-state index contributed by atoms with van der Waals surface area (Å²) in [5, 5.41) is 12.7. The molecule has 0 fully saturated rings. The molecule has 3 N–H and O–H groups in total. The zero-order chi connectivity index (χ0) is 17.6. The number of carbonyl (C=O) groups excluding carboxylic acids is 2. The number of rotatable bonds is 6. The zero-order valence-corrected chi connectivity index (χ0v) is 14.1. The van der Waals surface area contributed by atoms with E-state index in [1.807, 2.05) is 0 Å². The van der Waals surface area contributed by atoms with Crippen LogP contribution in [-0.4, -0.2) is 32.7 Å². The number of anilines is 2. The van der Waals surface area contributed by atoms with Gasteiger partial charge in [0.05, 0.1) is 12.0 Å². The van der Waals surface area contributed by atoms with E-state index in [1.54, 1.807) is 42.7 Å². The van der Waals surface area contributed by atoms with Crippen LogP contribution in [0.2, 0.25) is 0 Å². The van der Waals surface area contributed by atoms with Crippen molar-refractivity contribution in [1.29, 1.82) is 0 Å². The molecule has 9 heteroatoms. The number of nitrogens with one attached hydrogen (secondary N) is 3. The van der Waals surface area contributed by atoms with Crippen molar-refractivity contribution in [2.45, 2.75) is 12.1 Å². The highest BCUT2D eigenvalue weighted by molar-refractivity contribution is 7.99. The van der Waals surface area contributed by atoms with E-state index in [0.717, 1.165) is 0 Å². The minimum absolute atomic E-state index is 0.153. The number of carbonyl (C=O) groups is 2. The first-order valence-electron chi connectivity index (χ1n) is 7.37. The highest BCUT2D eigenvalue weighted by Crippen LogP contribution is 2.20. The standard InChI is InChI=1S/C16H15N5O3S/c1-10(22)17-11-4-2-5-12(8-11)18-14(23)9-25-16-19-15(20-21-16)13-6-3-7-24-13/h2-8H,9H2,1H3,(H,17,22)(H,18,23)(H,19,20,21). The van der Waals surface area contributed by atoms with Crippen molar-refractivity contribution in [1.82, 2.24) is 15.2 Å². The lowest BCUT2D eigenvalue weighted by molar-refractivity contribution is -0.114. The van der Waals surface area contributed by atoms with E-state index in [4.69, 9.17) is 4.42 Å². The molecule has 0 aliphatic rings. The van der Waals surface area contributed by atoms with Crippen molar-refractivity contribution in [2.24, 2.45) is 0 Å². The molecule has 0 saturated carbocycles. The number of hydrogen-bond donors (Lipinski definition) is 3. The van der Waals surface area contributed by atoms with Crippen LogP contribution in [0, 0.1) is 0 Å². The molecule has 2 heterocycles. The molecular formula is C16H15N5O3S. The number of nitrogens with zero attached hydrogens (tertiary/aromatic N) is 2. The number of aromatic nitrogens is 3. The lowest BCUT2D eigenvalue weighted by Gasteiger charge is -2.07. The van der Waals surface area contributed by atoms with Crippen molar-refractivity contribution >= 4 is 35.0 Å². The summed E-state index contributed by atoms with van der Waals surface area (Å²) >= 11 is 1.20. The predicted molar refractivity (Wildman–Crippen MR) is 94.2 cm³/mol. The molecule has 0 aliphatic carbocycles. The zero-order valence-electron chi connectivity index (χ0n) is 13.3. The Kier molecular flexibility index (Phi) is 5.14. The Morgan fingerprint density at radius 3 is 2.72 bits per heavy atom. The van der Waals surface area contributed by atoms with Gasteiger partial charge in [-0.25, -0.2) is 0 Å². The van der Waals surface area contributed by atoms with Crippen LogP contribution in [-0.2, 0) is 9.59 Å². The molecule has 25 heavy (non-hydrogen) atoms. The number of amides is 2. The molecule has 0 aliphatic heterocycles. The molecule has 0 bridgehead atoms. The molecule has 2 aromatic heterocycles. The second kappa shape index (κ2) is 7.67. The second-order valence-electron chi connectivity index (χ2n) is 5.04. The second-order valence-corrected chi connectivity index (χ2v) is 5.99. The molecular weight excluding hydrogens is 342 g/mol. The van der Waals surface area contributed by atoms with Gasteiger partial charge in [-0.2, -0.15) is 4.98 Å². The summed E-state index contributed by atoms with van der Waals surface area (Å²) in [5.74, 6) is 0.875. The summed E-state index contributed by atoms with van der Waals surface area (Å²) in [6.07, 6.45) is 1.55. The maximum Gasteiger partial charge on any atom is 0.234 e. The fourth-order valence-electron chi connectivity index (χ4n) is 2.04. The van der Waals surface area contributed by atoms with E-state index in [9.17, 15) is 9.59 Å². The van der Waals surface area contributed by atoms with E-state index in [1.165, 1.54) is 18.7 Å². The van der Waals surface area contributed by atoms with Gasteiger partial charge in [-0.05, 0) is 30.3 Å². The van der Waals surface area contributed by atoms with E-state index in [0.29, 0.717) is 28.1 Å². The number of furan rings is 1. The highest BCUT2D eigenvalue weighted by Gasteiger charge is 2.11.